The fourth-order valence-corrected chi connectivity index (χ4v) is 3.67. The predicted molar refractivity (Wildman–Crippen MR) is 119 cm³/mol. The van der Waals surface area contributed by atoms with E-state index in [4.69, 9.17) is 4.74 Å². The predicted octanol–water partition coefficient (Wildman–Crippen LogP) is 2.34. The number of benzene rings is 2. The lowest BCUT2D eigenvalue weighted by Crippen LogP contribution is -2.58. The van der Waals surface area contributed by atoms with Gasteiger partial charge in [-0.25, -0.2) is 0 Å². The van der Waals surface area contributed by atoms with E-state index in [1.807, 2.05) is 30.9 Å². The van der Waals surface area contributed by atoms with Crippen LogP contribution in [-0.4, -0.2) is 55.4 Å². The van der Waals surface area contributed by atoms with E-state index < -0.39 is 0 Å². The normalized spacial score (nSPS) is 16.5. The molecule has 8 heteroatoms. The first-order valence-corrected chi connectivity index (χ1v) is 10.2. The van der Waals surface area contributed by atoms with Crippen molar-refractivity contribution in [3.8, 4) is 5.75 Å². The number of rotatable bonds is 7. The van der Waals surface area contributed by atoms with E-state index in [0.717, 1.165) is 0 Å². The van der Waals surface area contributed by atoms with Crippen LogP contribution in [0.4, 0.5) is 11.4 Å². The quantitative estimate of drug-likeness (QED) is 0.634. The number of anilines is 2. The summed E-state index contributed by atoms with van der Waals surface area (Å²) in [6.45, 7) is 5.23. The van der Waals surface area contributed by atoms with Gasteiger partial charge < -0.3 is 20.7 Å². The summed E-state index contributed by atoms with van der Waals surface area (Å²) in [6, 6.07) is 13.5. The molecule has 164 valence electrons. The lowest BCUT2D eigenvalue weighted by atomic mass is 9.99. The van der Waals surface area contributed by atoms with Crippen molar-refractivity contribution < 1.29 is 19.1 Å². The Hall–Kier alpha value is -3.39. The van der Waals surface area contributed by atoms with Gasteiger partial charge in [0.15, 0.2) is 0 Å². The minimum Gasteiger partial charge on any atom is -0.495 e. The van der Waals surface area contributed by atoms with E-state index in [9.17, 15) is 14.4 Å². The number of hydrogen-bond donors (Lipinski definition) is 3. The Balaban J connectivity index is 1.59. The third-order valence-electron chi connectivity index (χ3n) is 5.12. The highest BCUT2D eigenvalue weighted by atomic mass is 16.5. The second kappa shape index (κ2) is 10.1. The SMILES string of the molecule is COc1ccccc1NC(=O)c1ccc(NC(=O)CN2CCNC(=O)C2C(C)C)cc1. The number of piperazine rings is 1. The highest BCUT2D eigenvalue weighted by Crippen LogP contribution is 2.24. The van der Waals surface area contributed by atoms with Gasteiger partial charge in [-0.3, -0.25) is 19.3 Å². The van der Waals surface area contributed by atoms with Crippen molar-refractivity contribution in [3.63, 3.8) is 0 Å². The fraction of sp³-hybridized carbons (Fsp3) is 0.348. The number of amides is 3. The largest absolute Gasteiger partial charge is 0.495 e. The van der Waals surface area contributed by atoms with E-state index in [1.54, 1.807) is 43.5 Å². The van der Waals surface area contributed by atoms with Gasteiger partial charge in [0, 0.05) is 24.3 Å². The molecule has 1 saturated heterocycles. The molecule has 0 aliphatic carbocycles. The zero-order chi connectivity index (χ0) is 22.4. The zero-order valence-corrected chi connectivity index (χ0v) is 18.0. The van der Waals surface area contributed by atoms with Crippen molar-refractivity contribution in [2.24, 2.45) is 5.92 Å². The van der Waals surface area contributed by atoms with Crippen LogP contribution in [0.25, 0.3) is 0 Å². The Labute approximate surface area is 182 Å². The van der Waals surface area contributed by atoms with Crippen LogP contribution in [0.15, 0.2) is 48.5 Å². The molecule has 31 heavy (non-hydrogen) atoms. The summed E-state index contributed by atoms with van der Waals surface area (Å²) in [7, 11) is 1.54. The molecule has 0 radical (unpaired) electrons. The molecular formula is C23H28N4O4. The highest BCUT2D eigenvalue weighted by molar-refractivity contribution is 6.05. The summed E-state index contributed by atoms with van der Waals surface area (Å²) in [6.07, 6.45) is 0. The van der Waals surface area contributed by atoms with Crippen LogP contribution in [0, 0.1) is 5.92 Å². The summed E-state index contributed by atoms with van der Waals surface area (Å²) in [5.41, 5.74) is 1.62. The van der Waals surface area contributed by atoms with E-state index in [0.29, 0.717) is 35.8 Å². The first-order chi connectivity index (χ1) is 14.9. The number of carbonyl (C=O) groups excluding carboxylic acids is 3. The number of carbonyl (C=O) groups is 3. The summed E-state index contributed by atoms with van der Waals surface area (Å²) in [5.74, 6) is 0.160. The summed E-state index contributed by atoms with van der Waals surface area (Å²) < 4.78 is 5.24. The Morgan fingerprint density at radius 3 is 2.52 bits per heavy atom. The van der Waals surface area contributed by atoms with Crippen LogP contribution in [0.5, 0.6) is 5.75 Å². The van der Waals surface area contributed by atoms with Gasteiger partial charge in [-0.15, -0.1) is 0 Å². The number of nitrogens with one attached hydrogen (secondary N) is 3. The summed E-state index contributed by atoms with van der Waals surface area (Å²) in [5, 5.41) is 8.50. The van der Waals surface area contributed by atoms with E-state index >= 15 is 0 Å². The number of para-hydroxylation sites is 2. The molecule has 2 aromatic rings. The van der Waals surface area contributed by atoms with Crippen LogP contribution < -0.4 is 20.7 Å². The Morgan fingerprint density at radius 1 is 1.13 bits per heavy atom. The molecule has 3 N–H and O–H groups in total. The lowest BCUT2D eigenvalue weighted by Gasteiger charge is -2.36. The molecule has 1 aliphatic heterocycles. The Bertz CT molecular complexity index is 943. The molecule has 0 saturated carbocycles. The second-order valence-corrected chi connectivity index (χ2v) is 7.73. The Morgan fingerprint density at radius 2 is 1.84 bits per heavy atom. The van der Waals surface area contributed by atoms with Crippen molar-refractivity contribution in [2.45, 2.75) is 19.9 Å². The maximum Gasteiger partial charge on any atom is 0.255 e. The van der Waals surface area contributed by atoms with Crippen molar-refractivity contribution in [2.75, 3.05) is 37.4 Å². The van der Waals surface area contributed by atoms with Gasteiger partial charge in [-0.05, 0) is 42.3 Å². The molecule has 0 aromatic heterocycles. The summed E-state index contributed by atoms with van der Waals surface area (Å²) >= 11 is 0. The molecule has 1 aliphatic rings. The molecular weight excluding hydrogens is 396 g/mol. The maximum absolute atomic E-state index is 12.5. The van der Waals surface area contributed by atoms with Crippen LogP contribution in [-0.2, 0) is 9.59 Å². The average molecular weight is 425 g/mol. The van der Waals surface area contributed by atoms with Crippen molar-refractivity contribution in [1.29, 1.82) is 0 Å². The highest BCUT2D eigenvalue weighted by Gasteiger charge is 2.33. The first-order valence-electron chi connectivity index (χ1n) is 10.2. The van der Waals surface area contributed by atoms with Crippen molar-refractivity contribution in [1.82, 2.24) is 10.2 Å². The molecule has 1 fully saturated rings. The van der Waals surface area contributed by atoms with Gasteiger partial charge >= 0.3 is 0 Å². The zero-order valence-electron chi connectivity index (χ0n) is 18.0. The van der Waals surface area contributed by atoms with E-state index in [1.165, 1.54) is 0 Å². The maximum atomic E-state index is 12.5. The van der Waals surface area contributed by atoms with Crippen LogP contribution >= 0.6 is 0 Å². The molecule has 0 spiro atoms. The minimum atomic E-state index is -0.319. The third-order valence-corrected chi connectivity index (χ3v) is 5.12. The van der Waals surface area contributed by atoms with Crippen molar-refractivity contribution in [3.05, 3.63) is 54.1 Å². The first kappa shape index (κ1) is 22.3. The van der Waals surface area contributed by atoms with Gasteiger partial charge in [0.1, 0.15) is 5.75 Å². The number of nitrogens with zero attached hydrogens (tertiary/aromatic N) is 1. The molecule has 2 aromatic carbocycles. The monoisotopic (exact) mass is 424 g/mol. The topological polar surface area (TPSA) is 99.8 Å². The van der Waals surface area contributed by atoms with Gasteiger partial charge in [-0.1, -0.05) is 26.0 Å². The molecule has 3 amide bonds. The molecule has 1 heterocycles. The van der Waals surface area contributed by atoms with Crippen molar-refractivity contribution >= 4 is 29.1 Å². The average Bonchev–Trinajstić information content (AvgIpc) is 2.74. The van der Waals surface area contributed by atoms with E-state index in [2.05, 4.69) is 16.0 Å². The standard InChI is InChI=1S/C23H28N4O4/c1-15(2)21-23(30)24-12-13-27(21)14-20(28)25-17-10-8-16(9-11-17)22(29)26-18-6-4-5-7-19(18)31-3/h4-11,15,21H,12-14H2,1-3H3,(H,24,30)(H,25,28)(H,26,29). The van der Waals surface area contributed by atoms with Crippen LogP contribution in [0.3, 0.4) is 0 Å². The molecule has 0 bridgehead atoms. The van der Waals surface area contributed by atoms with Gasteiger partial charge in [0.25, 0.3) is 5.91 Å². The Kier molecular flexibility index (Phi) is 7.25. The third kappa shape index (κ3) is 5.61. The van der Waals surface area contributed by atoms with Crippen LogP contribution in [0.1, 0.15) is 24.2 Å². The number of methoxy groups -OCH3 is 1. The molecule has 1 unspecified atom stereocenters. The van der Waals surface area contributed by atoms with Crippen LogP contribution in [0.2, 0.25) is 0 Å². The molecule has 1 atom stereocenters. The smallest absolute Gasteiger partial charge is 0.255 e. The molecule has 8 nitrogen and oxygen atoms in total. The van der Waals surface area contributed by atoms with Gasteiger partial charge in [0.2, 0.25) is 11.8 Å². The number of hydrogen-bond acceptors (Lipinski definition) is 5. The molecule has 3 rings (SSSR count). The summed E-state index contributed by atoms with van der Waals surface area (Å²) in [4.78, 5) is 39.0. The second-order valence-electron chi connectivity index (χ2n) is 7.73. The lowest BCUT2D eigenvalue weighted by molar-refractivity contribution is -0.132. The van der Waals surface area contributed by atoms with E-state index in [-0.39, 0.29) is 36.2 Å². The van der Waals surface area contributed by atoms with Gasteiger partial charge in [0.05, 0.1) is 25.4 Å². The minimum absolute atomic E-state index is 0.0422. The number of ether oxygens (including phenoxy) is 1. The fourth-order valence-electron chi connectivity index (χ4n) is 3.67. The van der Waals surface area contributed by atoms with Gasteiger partial charge in [-0.2, -0.15) is 0 Å².